The molecule has 0 saturated carbocycles. The molecule has 0 aromatic rings. The van der Waals surface area contributed by atoms with Gasteiger partial charge in [0.25, 0.3) is 0 Å². The molecule has 3 heteroatoms. The summed E-state index contributed by atoms with van der Waals surface area (Å²) in [5.74, 6) is 0. The lowest BCUT2D eigenvalue weighted by atomic mass is 9.86. The molecule has 1 rings (SSSR count). The largest absolute Gasteiger partial charge is 0.282 e. The highest BCUT2D eigenvalue weighted by molar-refractivity contribution is 4.93. The Balaban J connectivity index is 3.00. The first kappa shape index (κ1) is 13.9. The zero-order valence-corrected chi connectivity index (χ0v) is 11.8. The monoisotopic (exact) mass is 230 g/mol. The third-order valence-corrected chi connectivity index (χ3v) is 3.37. The average Bonchev–Trinajstić information content (AvgIpc) is 2.05. The lowest BCUT2D eigenvalue weighted by molar-refractivity contribution is -0.140. The molecule has 0 aromatic heterocycles. The molecule has 1 unspecified atom stereocenters. The van der Waals surface area contributed by atoms with Gasteiger partial charge in [0, 0.05) is 18.5 Å². The number of halogens is 1. The molecule has 0 spiro atoms. The highest BCUT2D eigenvalue weighted by Crippen LogP contribution is 2.36. The predicted octanol–water partition coefficient (Wildman–Crippen LogP) is 3.09. The molecule has 0 N–H and O–H groups in total. The minimum Gasteiger partial charge on any atom is -0.282 e. The summed E-state index contributed by atoms with van der Waals surface area (Å²) >= 11 is 0. The molecule has 0 aliphatic carbocycles. The van der Waals surface area contributed by atoms with Crippen molar-refractivity contribution in [1.82, 2.24) is 9.80 Å². The lowest BCUT2D eigenvalue weighted by Gasteiger charge is -2.54. The van der Waals surface area contributed by atoms with E-state index in [1.807, 2.05) is 11.9 Å². The second-order valence-electron chi connectivity index (χ2n) is 6.99. The maximum atomic E-state index is 13.8. The molecule has 2 nitrogen and oxygen atoms in total. The summed E-state index contributed by atoms with van der Waals surface area (Å²) < 4.78 is 13.8. The first-order valence-electron chi connectivity index (χ1n) is 6.18. The van der Waals surface area contributed by atoms with E-state index in [-0.39, 0.29) is 17.1 Å². The van der Waals surface area contributed by atoms with Gasteiger partial charge in [-0.25, -0.2) is 4.39 Å². The van der Waals surface area contributed by atoms with Crippen LogP contribution < -0.4 is 0 Å². The topological polar surface area (TPSA) is 6.48 Å². The van der Waals surface area contributed by atoms with Gasteiger partial charge in [-0.3, -0.25) is 9.80 Å². The number of hydrogen-bond acceptors (Lipinski definition) is 2. The van der Waals surface area contributed by atoms with Crippen molar-refractivity contribution in [3.05, 3.63) is 0 Å². The molecule has 1 saturated heterocycles. The Labute approximate surface area is 99.8 Å². The standard InChI is InChI=1S/C13H27FN2/c1-12(2,3)11-15(7)10(14)8-9-16(11)13(4,5)6/h10-11H,8-9H2,1-7H3/t10?,11-/m1/s1. The quantitative estimate of drug-likeness (QED) is 0.590. The summed E-state index contributed by atoms with van der Waals surface area (Å²) in [5, 5.41) is 0. The maximum Gasteiger partial charge on any atom is 0.155 e. The fourth-order valence-electron chi connectivity index (χ4n) is 2.73. The van der Waals surface area contributed by atoms with Gasteiger partial charge in [0.15, 0.2) is 6.30 Å². The predicted molar refractivity (Wildman–Crippen MR) is 67.0 cm³/mol. The van der Waals surface area contributed by atoms with Gasteiger partial charge >= 0.3 is 0 Å². The van der Waals surface area contributed by atoms with Crippen molar-refractivity contribution >= 4 is 0 Å². The first-order chi connectivity index (χ1) is 7.05. The van der Waals surface area contributed by atoms with Crippen molar-refractivity contribution < 1.29 is 4.39 Å². The summed E-state index contributed by atoms with van der Waals surface area (Å²) in [7, 11) is 1.90. The SMILES string of the molecule is CN1C(F)CCN(C(C)(C)C)[C@@H]1C(C)(C)C. The fraction of sp³-hybridized carbons (Fsp3) is 1.00. The molecule has 96 valence electrons. The summed E-state index contributed by atoms with van der Waals surface area (Å²) in [5.41, 5.74) is 0.152. The Bertz CT molecular complexity index is 239. The average molecular weight is 230 g/mol. The van der Waals surface area contributed by atoms with E-state index in [2.05, 4.69) is 46.4 Å². The highest BCUT2D eigenvalue weighted by Gasteiger charge is 2.44. The van der Waals surface area contributed by atoms with E-state index in [4.69, 9.17) is 0 Å². The molecule has 0 bridgehead atoms. The van der Waals surface area contributed by atoms with E-state index in [9.17, 15) is 4.39 Å². The van der Waals surface area contributed by atoms with Crippen molar-refractivity contribution in [2.24, 2.45) is 5.41 Å². The van der Waals surface area contributed by atoms with Gasteiger partial charge in [0.1, 0.15) is 0 Å². The molecule has 1 aliphatic heterocycles. The van der Waals surface area contributed by atoms with E-state index in [1.165, 1.54) is 0 Å². The first-order valence-corrected chi connectivity index (χ1v) is 6.18. The minimum atomic E-state index is -0.803. The second kappa shape index (κ2) is 4.26. The van der Waals surface area contributed by atoms with Crippen LogP contribution in [0.15, 0.2) is 0 Å². The van der Waals surface area contributed by atoms with Crippen LogP contribution in [0.3, 0.4) is 0 Å². The molecular weight excluding hydrogens is 203 g/mol. The van der Waals surface area contributed by atoms with Crippen LogP contribution in [0.5, 0.6) is 0 Å². The number of alkyl halides is 1. The van der Waals surface area contributed by atoms with E-state index < -0.39 is 6.30 Å². The third kappa shape index (κ3) is 2.75. The van der Waals surface area contributed by atoms with Crippen LogP contribution in [-0.2, 0) is 0 Å². The molecule has 16 heavy (non-hydrogen) atoms. The Morgan fingerprint density at radius 3 is 1.94 bits per heavy atom. The van der Waals surface area contributed by atoms with E-state index in [1.54, 1.807) is 0 Å². The third-order valence-electron chi connectivity index (χ3n) is 3.37. The van der Waals surface area contributed by atoms with Crippen LogP contribution in [0.2, 0.25) is 0 Å². The summed E-state index contributed by atoms with van der Waals surface area (Å²) in [6.07, 6.45) is -0.0283. The van der Waals surface area contributed by atoms with Gasteiger partial charge in [0.05, 0.1) is 6.17 Å². The van der Waals surface area contributed by atoms with Crippen LogP contribution in [0.4, 0.5) is 4.39 Å². The van der Waals surface area contributed by atoms with Crippen LogP contribution in [0.1, 0.15) is 48.0 Å². The zero-order chi connectivity index (χ0) is 12.7. The molecule has 1 aliphatic rings. The Morgan fingerprint density at radius 2 is 1.56 bits per heavy atom. The Morgan fingerprint density at radius 1 is 1.06 bits per heavy atom. The Kier molecular flexibility index (Phi) is 3.71. The van der Waals surface area contributed by atoms with Gasteiger partial charge in [-0.05, 0) is 33.2 Å². The van der Waals surface area contributed by atoms with Crippen molar-refractivity contribution in [3.63, 3.8) is 0 Å². The summed E-state index contributed by atoms with van der Waals surface area (Å²) in [6, 6.07) is 0. The van der Waals surface area contributed by atoms with Crippen molar-refractivity contribution in [3.8, 4) is 0 Å². The van der Waals surface area contributed by atoms with Crippen LogP contribution in [0, 0.1) is 5.41 Å². The number of nitrogens with zero attached hydrogens (tertiary/aromatic N) is 2. The van der Waals surface area contributed by atoms with Crippen molar-refractivity contribution in [1.29, 1.82) is 0 Å². The Hall–Kier alpha value is -0.150. The normalized spacial score (nSPS) is 30.8. The molecule has 0 radical (unpaired) electrons. The van der Waals surface area contributed by atoms with Crippen LogP contribution in [0.25, 0.3) is 0 Å². The lowest BCUT2D eigenvalue weighted by Crippen LogP contribution is -2.65. The smallest absolute Gasteiger partial charge is 0.155 e. The number of hydrogen-bond donors (Lipinski definition) is 0. The van der Waals surface area contributed by atoms with E-state index in [0.717, 1.165) is 6.54 Å². The van der Waals surface area contributed by atoms with Gasteiger partial charge in [-0.15, -0.1) is 0 Å². The second-order valence-corrected chi connectivity index (χ2v) is 6.99. The molecule has 0 amide bonds. The van der Waals surface area contributed by atoms with Crippen molar-refractivity contribution in [2.45, 2.75) is 66.0 Å². The van der Waals surface area contributed by atoms with Crippen LogP contribution >= 0.6 is 0 Å². The molecule has 1 heterocycles. The maximum absolute atomic E-state index is 13.8. The zero-order valence-electron chi connectivity index (χ0n) is 11.8. The van der Waals surface area contributed by atoms with Gasteiger partial charge in [-0.1, -0.05) is 20.8 Å². The highest BCUT2D eigenvalue weighted by atomic mass is 19.1. The molecule has 1 fully saturated rings. The molecular formula is C13H27FN2. The summed E-state index contributed by atoms with van der Waals surface area (Å²) in [6.45, 7) is 14.0. The van der Waals surface area contributed by atoms with Gasteiger partial charge in [-0.2, -0.15) is 0 Å². The van der Waals surface area contributed by atoms with Crippen LogP contribution in [-0.4, -0.2) is 41.4 Å². The van der Waals surface area contributed by atoms with Gasteiger partial charge < -0.3 is 0 Å². The summed E-state index contributed by atoms with van der Waals surface area (Å²) in [4.78, 5) is 4.30. The fourth-order valence-corrected chi connectivity index (χ4v) is 2.73. The van der Waals surface area contributed by atoms with E-state index >= 15 is 0 Å². The number of rotatable bonds is 0. The minimum absolute atomic E-state index is 0.0623. The molecule has 2 atom stereocenters. The van der Waals surface area contributed by atoms with Crippen molar-refractivity contribution in [2.75, 3.05) is 13.6 Å². The molecule has 0 aromatic carbocycles. The van der Waals surface area contributed by atoms with E-state index in [0.29, 0.717) is 6.42 Å². The van der Waals surface area contributed by atoms with Gasteiger partial charge in [0.2, 0.25) is 0 Å².